The summed E-state index contributed by atoms with van der Waals surface area (Å²) in [4.78, 5) is 13.4. The van der Waals surface area contributed by atoms with E-state index in [4.69, 9.17) is 0 Å². The normalized spacial score (nSPS) is 10.7. The van der Waals surface area contributed by atoms with Crippen LogP contribution in [0.1, 0.15) is 16.3 Å². The van der Waals surface area contributed by atoms with Crippen LogP contribution in [0, 0.1) is 13.8 Å². The summed E-state index contributed by atoms with van der Waals surface area (Å²) in [5.74, 6) is 1.47. The second-order valence-corrected chi connectivity index (χ2v) is 7.13. The van der Waals surface area contributed by atoms with Crippen molar-refractivity contribution in [2.24, 2.45) is 0 Å². The van der Waals surface area contributed by atoms with Gasteiger partial charge in [0.25, 0.3) is 0 Å². The third kappa shape index (κ3) is 3.83. The standard InChI is InChI=1S/C20H18N6S/c1-13-14(2)23-19(16-9-6-10-21-11-16)24-18(13)22-12-17-25-26-20(27-17)15-7-4-3-5-8-15/h3-11H,12H2,1-2H3,(H,22,23,24). The quantitative estimate of drug-likeness (QED) is 0.562. The fraction of sp³-hybridized carbons (Fsp3) is 0.150. The van der Waals surface area contributed by atoms with Gasteiger partial charge >= 0.3 is 0 Å². The molecule has 3 aromatic heterocycles. The lowest BCUT2D eigenvalue weighted by Crippen LogP contribution is -2.07. The van der Waals surface area contributed by atoms with Crippen molar-refractivity contribution in [3.05, 3.63) is 71.1 Å². The van der Waals surface area contributed by atoms with Gasteiger partial charge in [-0.25, -0.2) is 9.97 Å². The first kappa shape index (κ1) is 17.2. The summed E-state index contributed by atoms with van der Waals surface area (Å²) in [7, 11) is 0. The van der Waals surface area contributed by atoms with Gasteiger partial charge in [-0.05, 0) is 26.0 Å². The summed E-state index contributed by atoms with van der Waals surface area (Å²) in [6.07, 6.45) is 3.51. The maximum absolute atomic E-state index is 4.68. The van der Waals surface area contributed by atoms with Gasteiger partial charge in [0.05, 0.1) is 6.54 Å². The number of pyridine rings is 1. The van der Waals surface area contributed by atoms with Crippen LogP contribution in [0.4, 0.5) is 5.82 Å². The fourth-order valence-electron chi connectivity index (χ4n) is 2.61. The molecule has 0 saturated carbocycles. The van der Waals surface area contributed by atoms with Gasteiger partial charge in [0.15, 0.2) is 5.82 Å². The average molecular weight is 374 g/mol. The molecule has 3 heterocycles. The van der Waals surface area contributed by atoms with E-state index < -0.39 is 0 Å². The maximum Gasteiger partial charge on any atom is 0.163 e. The molecule has 134 valence electrons. The van der Waals surface area contributed by atoms with Gasteiger partial charge in [-0.1, -0.05) is 41.7 Å². The molecule has 0 fully saturated rings. The Morgan fingerprint density at radius 2 is 1.74 bits per heavy atom. The van der Waals surface area contributed by atoms with E-state index in [1.165, 1.54) is 0 Å². The average Bonchev–Trinajstić information content (AvgIpc) is 3.19. The molecule has 0 atom stereocenters. The SMILES string of the molecule is Cc1nc(-c2cccnc2)nc(NCc2nnc(-c3ccccc3)s2)c1C. The van der Waals surface area contributed by atoms with E-state index >= 15 is 0 Å². The minimum atomic E-state index is 0.564. The lowest BCUT2D eigenvalue weighted by molar-refractivity contribution is 0.972. The maximum atomic E-state index is 4.68. The first-order chi connectivity index (χ1) is 13.2. The largest absolute Gasteiger partial charge is 0.363 e. The highest BCUT2D eigenvalue weighted by atomic mass is 32.1. The molecule has 0 amide bonds. The van der Waals surface area contributed by atoms with Crippen LogP contribution in [0.25, 0.3) is 22.0 Å². The van der Waals surface area contributed by atoms with Gasteiger partial charge in [-0.2, -0.15) is 0 Å². The van der Waals surface area contributed by atoms with Crippen molar-refractivity contribution in [2.75, 3.05) is 5.32 Å². The number of aryl methyl sites for hydroxylation is 1. The number of nitrogens with zero attached hydrogens (tertiary/aromatic N) is 5. The number of hydrogen-bond acceptors (Lipinski definition) is 7. The van der Waals surface area contributed by atoms with E-state index in [0.717, 1.165) is 38.2 Å². The summed E-state index contributed by atoms with van der Waals surface area (Å²) in [6, 6.07) is 13.9. The smallest absolute Gasteiger partial charge is 0.163 e. The van der Waals surface area contributed by atoms with Gasteiger partial charge < -0.3 is 5.32 Å². The molecule has 0 aliphatic carbocycles. The van der Waals surface area contributed by atoms with Crippen LogP contribution in [0.3, 0.4) is 0 Å². The second-order valence-electron chi connectivity index (χ2n) is 6.07. The molecular formula is C20H18N6S. The molecule has 0 unspecified atom stereocenters. The van der Waals surface area contributed by atoms with Crippen LogP contribution >= 0.6 is 11.3 Å². The van der Waals surface area contributed by atoms with E-state index in [2.05, 4.69) is 30.5 Å². The Balaban J connectivity index is 1.55. The molecule has 1 aromatic carbocycles. The predicted molar refractivity (Wildman–Crippen MR) is 107 cm³/mol. The van der Waals surface area contributed by atoms with Gasteiger partial charge in [0.1, 0.15) is 15.8 Å². The van der Waals surface area contributed by atoms with E-state index in [1.807, 2.05) is 56.3 Å². The van der Waals surface area contributed by atoms with E-state index in [1.54, 1.807) is 23.7 Å². The second kappa shape index (κ2) is 7.59. The van der Waals surface area contributed by atoms with Crippen molar-refractivity contribution >= 4 is 17.2 Å². The highest BCUT2D eigenvalue weighted by molar-refractivity contribution is 7.14. The third-order valence-corrected chi connectivity index (χ3v) is 5.18. The topological polar surface area (TPSA) is 76.5 Å². The molecule has 1 N–H and O–H groups in total. The van der Waals surface area contributed by atoms with Crippen molar-refractivity contribution in [3.63, 3.8) is 0 Å². The van der Waals surface area contributed by atoms with Crippen LogP contribution in [0.15, 0.2) is 54.9 Å². The van der Waals surface area contributed by atoms with Crippen molar-refractivity contribution in [1.29, 1.82) is 0 Å². The first-order valence-electron chi connectivity index (χ1n) is 8.58. The summed E-state index contributed by atoms with van der Waals surface area (Å²) in [5.41, 5.74) is 3.93. The van der Waals surface area contributed by atoms with Gasteiger partial charge in [0.2, 0.25) is 0 Å². The summed E-state index contributed by atoms with van der Waals surface area (Å²) in [6.45, 7) is 4.56. The molecule has 0 aliphatic heterocycles. The molecule has 6 nitrogen and oxygen atoms in total. The number of aromatic nitrogens is 5. The molecule has 0 radical (unpaired) electrons. The molecule has 0 bridgehead atoms. The molecule has 0 saturated heterocycles. The van der Waals surface area contributed by atoms with Crippen LogP contribution in [-0.2, 0) is 6.54 Å². The van der Waals surface area contributed by atoms with Gasteiger partial charge in [0, 0.05) is 34.8 Å². The van der Waals surface area contributed by atoms with Gasteiger partial charge in [-0.15, -0.1) is 10.2 Å². The fourth-order valence-corrected chi connectivity index (χ4v) is 3.39. The number of benzene rings is 1. The molecular weight excluding hydrogens is 356 g/mol. The van der Waals surface area contributed by atoms with Crippen LogP contribution in [-0.4, -0.2) is 25.1 Å². The van der Waals surface area contributed by atoms with Crippen molar-refractivity contribution < 1.29 is 0 Å². The van der Waals surface area contributed by atoms with Crippen LogP contribution in [0.2, 0.25) is 0 Å². The molecule has 4 aromatic rings. The number of nitrogens with one attached hydrogen (secondary N) is 1. The van der Waals surface area contributed by atoms with Crippen molar-refractivity contribution in [3.8, 4) is 22.0 Å². The Morgan fingerprint density at radius 3 is 2.52 bits per heavy atom. The Hall–Kier alpha value is -3.19. The number of anilines is 1. The molecule has 4 rings (SSSR count). The lowest BCUT2D eigenvalue weighted by atomic mass is 10.2. The molecule has 0 spiro atoms. The first-order valence-corrected chi connectivity index (χ1v) is 9.39. The zero-order valence-electron chi connectivity index (χ0n) is 15.0. The number of rotatable bonds is 5. The zero-order valence-corrected chi connectivity index (χ0v) is 15.9. The molecule has 0 aliphatic rings. The van der Waals surface area contributed by atoms with Gasteiger partial charge in [-0.3, -0.25) is 4.98 Å². The third-order valence-electron chi connectivity index (χ3n) is 4.20. The summed E-state index contributed by atoms with van der Waals surface area (Å²) in [5, 5.41) is 13.8. The zero-order chi connectivity index (χ0) is 18.6. The van der Waals surface area contributed by atoms with E-state index in [9.17, 15) is 0 Å². The Bertz CT molecular complexity index is 1050. The summed E-state index contributed by atoms with van der Waals surface area (Å²) >= 11 is 1.58. The summed E-state index contributed by atoms with van der Waals surface area (Å²) < 4.78 is 0. The molecule has 7 heteroatoms. The lowest BCUT2D eigenvalue weighted by Gasteiger charge is -2.11. The minimum absolute atomic E-state index is 0.564. The Morgan fingerprint density at radius 1 is 0.926 bits per heavy atom. The molecule has 27 heavy (non-hydrogen) atoms. The number of hydrogen-bond donors (Lipinski definition) is 1. The highest BCUT2D eigenvalue weighted by Crippen LogP contribution is 2.25. The highest BCUT2D eigenvalue weighted by Gasteiger charge is 2.11. The minimum Gasteiger partial charge on any atom is -0.363 e. The Labute approximate surface area is 161 Å². The van der Waals surface area contributed by atoms with Crippen molar-refractivity contribution in [2.45, 2.75) is 20.4 Å². The Kier molecular flexibility index (Phi) is 4.84. The predicted octanol–water partition coefficient (Wildman–Crippen LogP) is 4.29. The monoisotopic (exact) mass is 374 g/mol. The van der Waals surface area contributed by atoms with E-state index in [-0.39, 0.29) is 0 Å². The van der Waals surface area contributed by atoms with Crippen LogP contribution < -0.4 is 5.32 Å². The van der Waals surface area contributed by atoms with E-state index in [0.29, 0.717) is 12.4 Å². The van der Waals surface area contributed by atoms with Crippen LogP contribution in [0.5, 0.6) is 0 Å². The van der Waals surface area contributed by atoms with Crippen molar-refractivity contribution in [1.82, 2.24) is 25.1 Å².